The van der Waals surface area contributed by atoms with Crippen LogP contribution in [0, 0.1) is 17.7 Å². The lowest BCUT2D eigenvalue weighted by atomic mass is 9.85. The molecule has 2 rings (SSSR count). The van der Waals surface area contributed by atoms with Crippen molar-refractivity contribution in [1.82, 2.24) is 5.32 Å². The van der Waals surface area contributed by atoms with E-state index in [2.05, 4.69) is 44.0 Å². The van der Waals surface area contributed by atoms with Gasteiger partial charge in [0, 0.05) is 29.9 Å². The zero-order valence-corrected chi connectivity index (χ0v) is 14.0. The predicted molar refractivity (Wildman–Crippen MR) is 88.2 cm³/mol. The molecule has 1 fully saturated rings. The molecule has 1 aliphatic rings. The van der Waals surface area contributed by atoms with Gasteiger partial charge in [0.2, 0.25) is 0 Å². The molecule has 0 aliphatic carbocycles. The number of rotatable bonds is 4. The highest BCUT2D eigenvalue weighted by Crippen LogP contribution is 2.36. The van der Waals surface area contributed by atoms with Crippen molar-refractivity contribution in [3.8, 4) is 0 Å². The molecule has 2 nitrogen and oxygen atoms in total. The van der Waals surface area contributed by atoms with E-state index in [0.29, 0.717) is 17.9 Å². The predicted octanol–water partition coefficient (Wildman–Crippen LogP) is 4.37. The number of hydrogen-bond acceptors (Lipinski definition) is 2. The summed E-state index contributed by atoms with van der Waals surface area (Å²) in [5, 5.41) is 3.35. The summed E-state index contributed by atoms with van der Waals surface area (Å²) in [6, 6.07) is 5.98. The molecule has 118 valence electrons. The number of hydrogen-bond donors (Lipinski definition) is 1. The van der Waals surface area contributed by atoms with Crippen LogP contribution >= 0.6 is 0 Å². The Hall–Kier alpha value is -1.09. The second kappa shape index (κ2) is 6.78. The molecule has 1 aromatic carbocycles. The van der Waals surface area contributed by atoms with Crippen molar-refractivity contribution < 1.29 is 4.39 Å². The molecule has 0 bridgehead atoms. The summed E-state index contributed by atoms with van der Waals surface area (Å²) in [6.45, 7) is 12.8. The molecule has 0 spiro atoms. The Morgan fingerprint density at radius 2 is 2.05 bits per heavy atom. The Kier molecular flexibility index (Phi) is 5.26. The van der Waals surface area contributed by atoms with Gasteiger partial charge >= 0.3 is 0 Å². The van der Waals surface area contributed by atoms with E-state index < -0.39 is 0 Å². The van der Waals surface area contributed by atoms with Gasteiger partial charge in [0.15, 0.2) is 0 Å². The van der Waals surface area contributed by atoms with E-state index >= 15 is 0 Å². The second-order valence-corrected chi connectivity index (χ2v) is 6.66. The third-order valence-electron chi connectivity index (χ3n) is 4.88. The molecule has 1 aliphatic heterocycles. The van der Waals surface area contributed by atoms with Gasteiger partial charge in [0.25, 0.3) is 0 Å². The summed E-state index contributed by atoms with van der Waals surface area (Å²) in [7, 11) is 0. The van der Waals surface area contributed by atoms with Crippen LogP contribution in [-0.4, -0.2) is 19.1 Å². The lowest BCUT2D eigenvalue weighted by Gasteiger charge is -2.44. The molecule has 1 saturated heterocycles. The van der Waals surface area contributed by atoms with Crippen LogP contribution in [-0.2, 0) is 0 Å². The topological polar surface area (TPSA) is 15.3 Å². The Balaban J connectivity index is 2.40. The molecule has 0 saturated carbocycles. The molecular weight excluding hydrogens is 263 g/mol. The number of nitrogens with zero attached hydrogens (tertiary/aromatic N) is 1. The Morgan fingerprint density at radius 3 is 2.71 bits per heavy atom. The van der Waals surface area contributed by atoms with Gasteiger partial charge in [-0.25, -0.2) is 4.39 Å². The van der Waals surface area contributed by atoms with Crippen molar-refractivity contribution in [3.05, 3.63) is 29.6 Å². The largest absolute Gasteiger partial charge is 0.368 e. The summed E-state index contributed by atoms with van der Waals surface area (Å²) in [6.07, 6.45) is 1.26. The van der Waals surface area contributed by atoms with Crippen molar-refractivity contribution >= 4 is 5.69 Å². The maximum Gasteiger partial charge on any atom is 0.130 e. The third kappa shape index (κ3) is 3.39. The van der Waals surface area contributed by atoms with Crippen molar-refractivity contribution in [3.63, 3.8) is 0 Å². The Labute approximate surface area is 128 Å². The van der Waals surface area contributed by atoms with Crippen molar-refractivity contribution in [2.45, 2.75) is 53.1 Å². The fourth-order valence-corrected chi connectivity index (χ4v) is 3.65. The molecule has 0 amide bonds. The lowest BCUT2D eigenvalue weighted by Crippen LogP contribution is -2.46. The van der Waals surface area contributed by atoms with E-state index in [4.69, 9.17) is 0 Å². The normalized spacial score (nSPS) is 27.7. The van der Waals surface area contributed by atoms with E-state index in [0.717, 1.165) is 24.3 Å². The molecule has 1 aromatic rings. The maximum atomic E-state index is 14.4. The third-order valence-corrected chi connectivity index (χ3v) is 4.88. The van der Waals surface area contributed by atoms with Crippen LogP contribution in [0.15, 0.2) is 18.2 Å². The van der Waals surface area contributed by atoms with Crippen LogP contribution < -0.4 is 10.2 Å². The molecular formula is C18H29FN2. The summed E-state index contributed by atoms with van der Waals surface area (Å²) < 4.78 is 14.4. The SMILES string of the molecule is CCNC(C)c1c(F)cccc1N1CC(C)CC(C)C1C. The first-order chi connectivity index (χ1) is 9.95. The zero-order chi connectivity index (χ0) is 15.6. The van der Waals surface area contributed by atoms with Gasteiger partial charge in [-0.15, -0.1) is 0 Å². The molecule has 3 heteroatoms. The summed E-state index contributed by atoms with van der Waals surface area (Å²) in [5.74, 6) is 1.19. The highest BCUT2D eigenvalue weighted by atomic mass is 19.1. The lowest BCUT2D eigenvalue weighted by molar-refractivity contribution is 0.296. The Bertz CT molecular complexity index is 474. The molecule has 4 atom stereocenters. The van der Waals surface area contributed by atoms with Crippen molar-refractivity contribution in [1.29, 1.82) is 0 Å². The smallest absolute Gasteiger partial charge is 0.130 e. The van der Waals surface area contributed by atoms with Gasteiger partial charge in [-0.3, -0.25) is 0 Å². The minimum absolute atomic E-state index is 0.0333. The van der Waals surface area contributed by atoms with E-state index in [1.54, 1.807) is 6.07 Å². The minimum Gasteiger partial charge on any atom is -0.368 e. The van der Waals surface area contributed by atoms with Crippen LogP contribution in [0.5, 0.6) is 0 Å². The Morgan fingerprint density at radius 1 is 1.33 bits per heavy atom. The van der Waals surface area contributed by atoms with Gasteiger partial charge in [-0.2, -0.15) is 0 Å². The van der Waals surface area contributed by atoms with Crippen LogP contribution in [0.4, 0.5) is 10.1 Å². The van der Waals surface area contributed by atoms with Gasteiger partial charge in [0.1, 0.15) is 5.82 Å². The average molecular weight is 292 g/mol. The molecule has 21 heavy (non-hydrogen) atoms. The number of halogens is 1. The van der Waals surface area contributed by atoms with E-state index in [-0.39, 0.29) is 11.9 Å². The van der Waals surface area contributed by atoms with Gasteiger partial charge in [0.05, 0.1) is 0 Å². The standard InChI is InChI=1S/C18H29FN2/c1-6-20-14(4)18-16(19)8-7-9-17(18)21-11-12(2)10-13(3)15(21)5/h7-9,12-15,20H,6,10-11H2,1-5H3. The van der Waals surface area contributed by atoms with E-state index in [9.17, 15) is 4.39 Å². The molecule has 0 aromatic heterocycles. The molecule has 0 radical (unpaired) electrons. The average Bonchev–Trinajstić information content (AvgIpc) is 2.42. The van der Waals surface area contributed by atoms with Crippen molar-refractivity contribution in [2.75, 3.05) is 18.0 Å². The monoisotopic (exact) mass is 292 g/mol. The number of anilines is 1. The highest BCUT2D eigenvalue weighted by molar-refractivity contribution is 5.56. The molecule has 1 heterocycles. The first-order valence-electron chi connectivity index (χ1n) is 8.24. The van der Waals surface area contributed by atoms with E-state index in [1.165, 1.54) is 6.42 Å². The summed E-state index contributed by atoms with van der Waals surface area (Å²) in [5.41, 5.74) is 1.88. The molecule has 1 N–H and O–H groups in total. The first-order valence-corrected chi connectivity index (χ1v) is 8.24. The van der Waals surface area contributed by atoms with Crippen LogP contribution in [0.1, 0.15) is 52.6 Å². The molecule has 4 unspecified atom stereocenters. The summed E-state index contributed by atoms with van der Waals surface area (Å²) in [4.78, 5) is 2.41. The van der Waals surface area contributed by atoms with Gasteiger partial charge in [-0.05, 0) is 50.8 Å². The van der Waals surface area contributed by atoms with Gasteiger partial charge in [-0.1, -0.05) is 26.8 Å². The second-order valence-electron chi connectivity index (χ2n) is 6.66. The van der Waals surface area contributed by atoms with Crippen LogP contribution in [0.25, 0.3) is 0 Å². The van der Waals surface area contributed by atoms with Crippen molar-refractivity contribution in [2.24, 2.45) is 11.8 Å². The zero-order valence-electron chi connectivity index (χ0n) is 14.0. The van der Waals surface area contributed by atoms with E-state index in [1.807, 2.05) is 13.0 Å². The fourth-order valence-electron chi connectivity index (χ4n) is 3.65. The number of benzene rings is 1. The van der Waals surface area contributed by atoms with Gasteiger partial charge < -0.3 is 10.2 Å². The summed E-state index contributed by atoms with van der Waals surface area (Å²) >= 11 is 0. The number of nitrogens with one attached hydrogen (secondary N) is 1. The minimum atomic E-state index is -0.0981. The highest BCUT2D eigenvalue weighted by Gasteiger charge is 2.31. The maximum absolute atomic E-state index is 14.4. The fraction of sp³-hybridized carbons (Fsp3) is 0.667. The number of piperidine rings is 1. The first kappa shape index (κ1) is 16.3. The van der Waals surface area contributed by atoms with Crippen LogP contribution in [0.2, 0.25) is 0 Å². The quantitative estimate of drug-likeness (QED) is 0.886. The van der Waals surface area contributed by atoms with Crippen LogP contribution in [0.3, 0.4) is 0 Å².